The van der Waals surface area contributed by atoms with E-state index in [1.54, 1.807) is 36.7 Å². The molecule has 1 aliphatic rings. The minimum absolute atomic E-state index is 0.00232. The van der Waals surface area contributed by atoms with Gasteiger partial charge in [0.05, 0.1) is 6.04 Å². The van der Waals surface area contributed by atoms with Crippen LogP contribution in [0, 0.1) is 6.92 Å². The van der Waals surface area contributed by atoms with Crippen LogP contribution >= 0.6 is 0 Å². The molecule has 1 unspecified atom stereocenters. The molecule has 3 amide bonds. The second-order valence-corrected chi connectivity index (χ2v) is 7.13. The first-order chi connectivity index (χ1) is 14.6. The van der Waals surface area contributed by atoms with Gasteiger partial charge in [0, 0.05) is 30.2 Å². The van der Waals surface area contributed by atoms with Crippen molar-refractivity contribution >= 4 is 23.3 Å². The number of pyridine rings is 1. The predicted octanol–water partition coefficient (Wildman–Crippen LogP) is 4.78. The van der Waals surface area contributed by atoms with Gasteiger partial charge in [0.15, 0.2) is 0 Å². The van der Waals surface area contributed by atoms with Crippen molar-refractivity contribution < 1.29 is 14.3 Å². The van der Waals surface area contributed by atoms with Crippen LogP contribution in [0.15, 0.2) is 67.0 Å². The molecule has 4 rings (SSSR count). The van der Waals surface area contributed by atoms with Crippen LogP contribution in [0.25, 0.3) is 0 Å². The van der Waals surface area contributed by atoms with Crippen LogP contribution < -0.4 is 20.7 Å². The monoisotopic (exact) mass is 402 g/mol. The molecule has 1 saturated heterocycles. The van der Waals surface area contributed by atoms with Crippen molar-refractivity contribution in [2.75, 3.05) is 10.6 Å². The SMILES string of the molecule is Cc1cc(Oc2ccncc2)ccc1NC(=O)Nc1cccc(C2CCC(=O)N2)c1. The number of rotatable bonds is 5. The fourth-order valence-corrected chi connectivity index (χ4v) is 3.36. The van der Waals surface area contributed by atoms with Crippen LogP contribution in [0.3, 0.4) is 0 Å². The largest absolute Gasteiger partial charge is 0.457 e. The number of hydrogen-bond acceptors (Lipinski definition) is 4. The molecular weight excluding hydrogens is 380 g/mol. The number of carbonyl (C=O) groups excluding carboxylic acids is 2. The highest BCUT2D eigenvalue weighted by Crippen LogP contribution is 2.27. The fourth-order valence-electron chi connectivity index (χ4n) is 3.36. The Balaban J connectivity index is 1.39. The van der Waals surface area contributed by atoms with Crippen LogP contribution in [0.5, 0.6) is 11.5 Å². The molecule has 2 aromatic carbocycles. The summed E-state index contributed by atoms with van der Waals surface area (Å²) in [5, 5.41) is 8.64. The summed E-state index contributed by atoms with van der Waals surface area (Å²) in [6, 6.07) is 16.2. The minimum Gasteiger partial charge on any atom is -0.457 e. The van der Waals surface area contributed by atoms with Crippen molar-refractivity contribution in [3.63, 3.8) is 0 Å². The van der Waals surface area contributed by atoms with Gasteiger partial charge in [-0.1, -0.05) is 12.1 Å². The normalized spacial score (nSPS) is 15.4. The quantitative estimate of drug-likeness (QED) is 0.573. The first-order valence-electron chi connectivity index (χ1n) is 9.73. The summed E-state index contributed by atoms with van der Waals surface area (Å²) in [6.45, 7) is 1.90. The maximum absolute atomic E-state index is 12.5. The molecule has 7 heteroatoms. The van der Waals surface area contributed by atoms with Crippen molar-refractivity contribution in [3.05, 3.63) is 78.1 Å². The second-order valence-electron chi connectivity index (χ2n) is 7.13. The standard InChI is InChI=1S/C23H22N4O3/c1-15-13-19(30-18-9-11-24-12-10-18)5-6-20(15)27-23(29)25-17-4-2-3-16(14-17)21-7-8-22(28)26-21/h2-6,9-14,21H,7-8H2,1H3,(H,26,28)(H2,25,27,29). The highest BCUT2D eigenvalue weighted by atomic mass is 16.5. The molecule has 0 saturated carbocycles. The zero-order chi connectivity index (χ0) is 20.9. The summed E-state index contributed by atoms with van der Waals surface area (Å²) in [7, 11) is 0. The number of aromatic nitrogens is 1. The van der Waals surface area contributed by atoms with Crippen LogP contribution in [0.2, 0.25) is 0 Å². The third kappa shape index (κ3) is 4.75. The molecular formula is C23H22N4O3. The Kier molecular flexibility index (Phi) is 5.61. The number of aryl methyl sites for hydroxylation is 1. The molecule has 1 aromatic heterocycles. The Hall–Kier alpha value is -3.87. The van der Waals surface area contributed by atoms with Gasteiger partial charge < -0.3 is 20.7 Å². The van der Waals surface area contributed by atoms with Crippen LogP contribution in [0.4, 0.5) is 16.2 Å². The molecule has 3 N–H and O–H groups in total. The van der Waals surface area contributed by atoms with E-state index in [-0.39, 0.29) is 18.0 Å². The van der Waals surface area contributed by atoms with Gasteiger partial charge in [0.25, 0.3) is 0 Å². The zero-order valence-corrected chi connectivity index (χ0v) is 16.5. The van der Waals surface area contributed by atoms with Gasteiger partial charge >= 0.3 is 6.03 Å². The summed E-state index contributed by atoms with van der Waals surface area (Å²) in [6.07, 6.45) is 4.63. The first-order valence-corrected chi connectivity index (χ1v) is 9.73. The highest BCUT2D eigenvalue weighted by molar-refractivity contribution is 6.00. The summed E-state index contributed by atoms with van der Waals surface area (Å²) in [5.74, 6) is 1.43. The van der Waals surface area contributed by atoms with Gasteiger partial charge in [-0.05, 0) is 66.9 Å². The van der Waals surface area contributed by atoms with Crippen molar-refractivity contribution in [3.8, 4) is 11.5 Å². The van der Waals surface area contributed by atoms with E-state index in [4.69, 9.17) is 4.74 Å². The van der Waals surface area contributed by atoms with Crippen LogP contribution in [-0.4, -0.2) is 16.9 Å². The Morgan fingerprint density at radius 3 is 2.63 bits per heavy atom. The van der Waals surface area contributed by atoms with Gasteiger partial charge in [-0.15, -0.1) is 0 Å². The molecule has 30 heavy (non-hydrogen) atoms. The van der Waals surface area contributed by atoms with Crippen molar-refractivity contribution in [1.82, 2.24) is 10.3 Å². The number of amides is 3. The average Bonchev–Trinajstić information content (AvgIpc) is 3.17. The van der Waals surface area contributed by atoms with E-state index in [0.717, 1.165) is 17.5 Å². The molecule has 1 atom stereocenters. The van der Waals surface area contributed by atoms with Crippen LogP contribution in [0.1, 0.15) is 30.0 Å². The number of ether oxygens (including phenoxy) is 1. The number of carbonyl (C=O) groups is 2. The molecule has 0 bridgehead atoms. The number of hydrogen-bond donors (Lipinski definition) is 3. The van der Waals surface area contributed by atoms with E-state index in [2.05, 4.69) is 20.9 Å². The topological polar surface area (TPSA) is 92.3 Å². The highest BCUT2D eigenvalue weighted by Gasteiger charge is 2.22. The van der Waals surface area contributed by atoms with Gasteiger partial charge in [0.1, 0.15) is 11.5 Å². The fraction of sp³-hybridized carbons (Fsp3) is 0.174. The number of benzene rings is 2. The summed E-state index contributed by atoms with van der Waals surface area (Å²) in [4.78, 5) is 27.9. The Labute approximate surface area is 174 Å². The molecule has 1 fully saturated rings. The number of nitrogens with one attached hydrogen (secondary N) is 3. The number of urea groups is 1. The van der Waals surface area contributed by atoms with E-state index >= 15 is 0 Å². The predicted molar refractivity (Wildman–Crippen MR) is 115 cm³/mol. The van der Waals surface area contributed by atoms with Crippen molar-refractivity contribution in [1.29, 1.82) is 0 Å². The second kappa shape index (κ2) is 8.65. The Morgan fingerprint density at radius 2 is 1.90 bits per heavy atom. The molecule has 7 nitrogen and oxygen atoms in total. The first kappa shape index (κ1) is 19.4. The maximum Gasteiger partial charge on any atom is 0.323 e. The van der Waals surface area contributed by atoms with Gasteiger partial charge in [-0.25, -0.2) is 4.79 Å². The van der Waals surface area contributed by atoms with E-state index < -0.39 is 0 Å². The Morgan fingerprint density at radius 1 is 1.07 bits per heavy atom. The number of anilines is 2. The maximum atomic E-state index is 12.5. The summed E-state index contributed by atoms with van der Waals surface area (Å²) in [5.41, 5.74) is 3.21. The lowest BCUT2D eigenvalue weighted by atomic mass is 10.0. The van der Waals surface area contributed by atoms with Gasteiger partial charge in [-0.2, -0.15) is 0 Å². The van der Waals surface area contributed by atoms with Gasteiger partial charge in [-0.3, -0.25) is 9.78 Å². The number of nitrogens with zero attached hydrogens (tertiary/aromatic N) is 1. The summed E-state index contributed by atoms with van der Waals surface area (Å²) < 4.78 is 5.79. The molecule has 0 spiro atoms. The van der Waals surface area contributed by atoms with E-state index in [0.29, 0.717) is 29.3 Å². The summed E-state index contributed by atoms with van der Waals surface area (Å²) >= 11 is 0. The zero-order valence-electron chi connectivity index (χ0n) is 16.5. The lowest BCUT2D eigenvalue weighted by molar-refractivity contribution is -0.119. The molecule has 152 valence electrons. The smallest absolute Gasteiger partial charge is 0.323 e. The average molecular weight is 402 g/mol. The molecule has 0 aliphatic carbocycles. The lowest BCUT2D eigenvalue weighted by Gasteiger charge is -2.14. The minimum atomic E-state index is -0.339. The van der Waals surface area contributed by atoms with E-state index in [1.165, 1.54) is 0 Å². The molecule has 1 aliphatic heterocycles. The Bertz CT molecular complexity index is 1070. The third-order valence-corrected chi connectivity index (χ3v) is 4.87. The lowest BCUT2D eigenvalue weighted by Crippen LogP contribution is -2.21. The van der Waals surface area contributed by atoms with Crippen molar-refractivity contribution in [2.45, 2.75) is 25.8 Å². The van der Waals surface area contributed by atoms with E-state index in [9.17, 15) is 9.59 Å². The van der Waals surface area contributed by atoms with Crippen molar-refractivity contribution in [2.24, 2.45) is 0 Å². The third-order valence-electron chi connectivity index (χ3n) is 4.87. The van der Waals surface area contributed by atoms with Crippen LogP contribution in [-0.2, 0) is 4.79 Å². The van der Waals surface area contributed by atoms with Gasteiger partial charge in [0.2, 0.25) is 5.91 Å². The molecule has 3 aromatic rings. The molecule has 2 heterocycles. The molecule has 0 radical (unpaired) electrons. The van der Waals surface area contributed by atoms with E-state index in [1.807, 2.05) is 37.3 Å².